The molecule has 3 aromatic rings. The number of imidazole rings is 1. The predicted molar refractivity (Wildman–Crippen MR) is 145 cm³/mol. The third-order valence-electron chi connectivity index (χ3n) is 5.57. The fourth-order valence-electron chi connectivity index (χ4n) is 3.31. The minimum absolute atomic E-state index is 0.111. The Labute approximate surface area is 222 Å². The van der Waals surface area contributed by atoms with Crippen molar-refractivity contribution in [3.8, 4) is 22.6 Å². The average molecular weight is 548 g/mol. The summed E-state index contributed by atoms with van der Waals surface area (Å²) in [6.07, 6.45) is 0.999. The van der Waals surface area contributed by atoms with Crippen LogP contribution in [0, 0.1) is 5.82 Å². The number of halogens is 1. The first-order chi connectivity index (χ1) is 17.7. The van der Waals surface area contributed by atoms with Crippen LogP contribution in [0.2, 0.25) is 0 Å². The largest absolute Gasteiger partial charge is 0.453 e. The quantitative estimate of drug-likeness (QED) is 0.310. The van der Waals surface area contributed by atoms with E-state index in [1.807, 2.05) is 20.8 Å². The fourth-order valence-corrected chi connectivity index (χ4v) is 4.01. The highest BCUT2D eigenvalue weighted by molar-refractivity contribution is 7.93. The van der Waals surface area contributed by atoms with Gasteiger partial charge in [0.2, 0.25) is 16.0 Å². The molecule has 0 fully saturated rings. The van der Waals surface area contributed by atoms with Gasteiger partial charge in [-0.2, -0.15) is 0 Å². The number of methoxy groups -OCH3 is 1. The summed E-state index contributed by atoms with van der Waals surface area (Å²) >= 11 is 0. The van der Waals surface area contributed by atoms with Crippen LogP contribution in [-0.4, -0.2) is 59.4 Å². The number of aromatic nitrogens is 4. The Hall–Kier alpha value is -3.74. The van der Waals surface area contributed by atoms with Crippen LogP contribution in [0.1, 0.15) is 47.4 Å². The van der Waals surface area contributed by atoms with Crippen molar-refractivity contribution in [3.63, 3.8) is 0 Å². The molecule has 38 heavy (non-hydrogen) atoms. The minimum atomic E-state index is -3.76. The number of alkyl carbamates (subject to hydrolysis) is 1. The summed E-state index contributed by atoms with van der Waals surface area (Å²) in [6.45, 7) is 11.0. The molecule has 2 aromatic heterocycles. The van der Waals surface area contributed by atoms with E-state index in [1.54, 1.807) is 25.3 Å². The number of rotatable bonds is 9. The Bertz CT molecular complexity index is 1400. The van der Waals surface area contributed by atoms with E-state index in [1.165, 1.54) is 33.1 Å². The number of anilines is 2. The number of benzene rings is 1. The first-order valence-electron chi connectivity index (χ1n) is 12.1. The Morgan fingerprint density at radius 2 is 1.87 bits per heavy atom. The molecule has 0 bridgehead atoms. The second-order valence-corrected chi connectivity index (χ2v) is 12.3. The third kappa shape index (κ3) is 6.77. The Morgan fingerprint density at radius 1 is 1.16 bits per heavy atom. The van der Waals surface area contributed by atoms with Crippen molar-refractivity contribution in [1.29, 1.82) is 0 Å². The smallest absolute Gasteiger partial charge is 0.407 e. The molecule has 0 aliphatic rings. The van der Waals surface area contributed by atoms with E-state index in [0.29, 0.717) is 23.8 Å². The first-order valence-corrected chi connectivity index (χ1v) is 13.6. The number of carbonyl (C=O) groups excluding carboxylic acids is 1. The number of H-pyrrole nitrogens is 1. The van der Waals surface area contributed by atoms with Gasteiger partial charge in [-0.15, -0.1) is 0 Å². The lowest BCUT2D eigenvalue weighted by Gasteiger charge is -2.14. The molecule has 0 saturated heterocycles. The van der Waals surface area contributed by atoms with Crippen molar-refractivity contribution in [3.05, 3.63) is 42.1 Å². The van der Waals surface area contributed by atoms with Gasteiger partial charge in [-0.3, -0.25) is 4.72 Å². The normalized spacial score (nSPS) is 12.8. The number of carbonyl (C=O) groups is 1. The molecule has 1 amide bonds. The Kier molecular flexibility index (Phi) is 8.60. The summed E-state index contributed by atoms with van der Waals surface area (Å²) in [4.78, 5) is 28.2. The minimum Gasteiger partial charge on any atom is -0.453 e. The molecule has 1 atom stereocenters. The van der Waals surface area contributed by atoms with Crippen molar-refractivity contribution >= 4 is 27.8 Å². The summed E-state index contributed by atoms with van der Waals surface area (Å²) in [5.41, 5.74) is 0.719. The van der Waals surface area contributed by atoms with Crippen molar-refractivity contribution in [1.82, 2.24) is 25.3 Å². The maximum Gasteiger partial charge on any atom is 0.407 e. The number of sulfonamides is 1. The summed E-state index contributed by atoms with van der Waals surface area (Å²) < 4.78 is 47.4. The predicted octanol–water partition coefficient (Wildman–Crippen LogP) is 4.28. The number of hydrogen-bond acceptors (Lipinski definition) is 8. The van der Waals surface area contributed by atoms with Gasteiger partial charge in [-0.1, -0.05) is 26.8 Å². The molecule has 3 rings (SSSR count). The molecule has 13 heteroatoms. The van der Waals surface area contributed by atoms with Crippen molar-refractivity contribution < 1.29 is 22.3 Å². The fraction of sp³-hybridized carbons (Fsp3) is 0.440. The summed E-state index contributed by atoms with van der Waals surface area (Å²) in [7, 11) is -2.48. The van der Waals surface area contributed by atoms with E-state index in [9.17, 15) is 13.2 Å². The van der Waals surface area contributed by atoms with Crippen LogP contribution in [-0.2, 0) is 20.2 Å². The highest BCUT2D eigenvalue weighted by Crippen LogP contribution is 2.36. The number of nitrogens with zero attached hydrogens (tertiary/aromatic N) is 3. The molecule has 2 heterocycles. The monoisotopic (exact) mass is 547 g/mol. The van der Waals surface area contributed by atoms with E-state index in [-0.39, 0.29) is 28.9 Å². The molecule has 0 aliphatic heterocycles. The summed E-state index contributed by atoms with van der Waals surface area (Å²) in [5.74, 6) is 0.136. The lowest BCUT2D eigenvalue weighted by molar-refractivity contribution is 0.168. The first kappa shape index (κ1) is 28.8. The highest BCUT2D eigenvalue weighted by atomic mass is 32.2. The van der Waals surface area contributed by atoms with Gasteiger partial charge in [0.1, 0.15) is 11.5 Å². The number of ether oxygens (including phenoxy) is 1. The molecule has 0 unspecified atom stereocenters. The highest BCUT2D eigenvalue weighted by Gasteiger charge is 2.26. The lowest BCUT2D eigenvalue weighted by Crippen LogP contribution is -2.37. The molecule has 0 aliphatic carbocycles. The molecule has 11 nitrogen and oxygen atoms in total. The van der Waals surface area contributed by atoms with Gasteiger partial charge in [0, 0.05) is 29.8 Å². The van der Waals surface area contributed by atoms with E-state index in [4.69, 9.17) is 4.98 Å². The van der Waals surface area contributed by atoms with Crippen LogP contribution < -0.4 is 15.4 Å². The van der Waals surface area contributed by atoms with Crippen LogP contribution in [0.15, 0.2) is 30.5 Å². The van der Waals surface area contributed by atoms with E-state index >= 15 is 4.39 Å². The Balaban J connectivity index is 2.03. The number of amides is 1. The zero-order valence-corrected chi connectivity index (χ0v) is 23.3. The number of aromatic amines is 1. The molecular weight excluding hydrogens is 513 g/mol. The van der Waals surface area contributed by atoms with Crippen LogP contribution in [0.25, 0.3) is 22.6 Å². The molecule has 0 radical (unpaired) electrons. The van der Waals surface area contributed by atoms with Crippen LogP contribution in [0.5, 0.6) is 0 Å². The number of nitrogens with one attached hydrogen (secondary N) is 4. The van der Waals surface area contributed by atoms with Gasteiger partial charge < -0.3 is 20.4 Å². The second kappa shape index (κ2) is 11.3. The summed E-state index contributed by atoms with van der Waals surface area (Å²) in [6, 6.07) is 5.86. The zero-order valence-electron chi connectivity index (χ0n) is 22.5. The van der Waals surface area contributed by atoms with Gasteiger partial charge in [-0.25, -0.2) is 32.6 Å². The molecule has 0 spiro atoms. The molecule has 4 N–H and O–H groups in total. The molecule has 1 aromatic carbocycles. The number of hydrogen-bond donors (Lipinski definition) is 4. The van der Waals surface area contributed by atoms with Crippen molar-refractivity contribution in [2.75, 3.05) is 23.7 Å². The second-order valence-electron chi connectivity index (χ2n) is 10.1. The van der Waals surface area contributed by atoms with Crippen LogP contribution in [0.3, 0.4) is 0 Å². The molecule has 0 saturated carbocycles. The lowest BCUT2D eigenvalue weighted by atomic mass is 9.96. The average Bonchev–Trinajstić information content (AvgIpc) is 3.30. The topological polar surface area (TPSA) is 151 Å². The standard InChI is InChI=1S/C25H34FN7O4S/c1-14(2)38(35,36)33-17-10-8-9-16(19(17)26)20-21(32-22(31-20)25(4,5)6)18-11-12-27-23(30-18)28-13-15(3)29-24(34)37-7/h8-12,14-15,33H,13H2,1-7H3,(H,29,34)(H,31,32)(H,27,28,30)/t15-/m0/s1. The maximum atomic E-state index is 15.7. The van der Waals surface area contributed by atoms with Gasteiger partial charge in [0.15, 0.2) is 5.82 Å². The zero-order chi connectivity index (χ0) is 28.3. The van der Waals surface area contributed by atoms with Crippen LogP contribution in [0.4, 0.5) is 20.8 Å². The molecular formula is C25H34FN7O4S. The van der Waals surface area contributed by atoms with E-state index < -0.39 is 32.6 Å². The van der Waals surface area contributed by atoms with Gasteiger partial charge in [0.05, 0.1) is 29.4 Å². The SMILES string of the molecule is COC(=O)N[C@@H](C)CNc1nccc(-c2[nH]c(C(C)(C)C)nc2-c2cccc(NS(=O)(=O)C(C)C)c2F)n1. The molecule has 206 valence electrons. The van der Waals surface area contributed by atoms with E-state index in [0.717, 1.165) is 0 Å². The van der Waals surface area contributed by atoms with Crippen molar-refractivity contribution in [2.24, 2.45) is 0 Å². The van der Waals surface area contributed by atoms with Gasteiger partial charge in [0.25, 0.3) is 0 Å². The van der Waals surface area contributed by atoms with Crippen LogP contribution >= 0.6 is 0 Å². The van der Waals surface area contributed by atoms with Gasteiger partial charge in [-0.05, 0) is 39.0 Å². The Morgan fingerprint density at radius 3 is 2.50 bits per heavy atom. The van der Waals surface area contributed by atoms with Crippen molar-refractivity contribution in [2.45, 2.75) is 58.2 Å². The van der Waals surface area contributed by atoms with Gasteiger partial charge >= 0.3 is 6.09 Å². The van der Waals surface area contributed by atoms with E-state index in [2.05, 4.69) is 35.0 Å². The third-order valence-corrected chi connectivity index (χ3v) is 7.31. The summed E-state index contributed by atoms with van der Waals surface area (Å²) in [5, 5.41) is 4.97. The maximum absolute atomic E-state index is 15.7.